The fourth-order valence-corrected chi connectivity index (χ4v) is 2.78. The van der Waals surface area contributed by atoms with Crippen LogP contribution < -0.4 is 5.32 Å². The van der Waals surface area contributed by atoms with E-state index in [1.54, 1.807) is 17.4 Å². The monoisotopic (exact) mass is 324 g/mol. The van der Waals surface area contributed by atoms with Crippen molar-refractivity contribution in [2.75, 3.05) is 6.54 Å². The number of hydrogen-bond donors (Lipinski definition) is 1. The standard InChI is InChI=1S/C13H13BrN2OS/c1-9-8-18-12(16-9)6-7-15-13(17)10-4-2-3-5-11(10)14/h2-5,8H,6-7H2,1H3,(H,15,17). The molecule has 1 amide bonds. The Kier molecular flexibility index (Phi) is 4.49. The van der Waals surface area contributed by atoms with Crippen molar-refractivity contribution < 1.29 is 4.79 Å². The lowest BCUT2D eigenvalue weighted by molar-refractivity contribution is 0.0953. The lowest BCUT2D eigenvalue weighted by atomic mass is 10.2. The third-order valence-corrected chi connectivity index (χ3v) is 4.13. The number of amides is 1. The summed E-state index contributed by atoms with van der Waals surface area (Å²) in [5.74, 6) is -0.0595. The third kappa shape index (κ3) is 3.40. The first-order valence-corrected chi connectivity index (χ1v) is 7.28. The highest BCUT2D eigenvalue weighted by atomic mass is 79.9. The third-order valence-electron chi connectivity index (χ3n) is 2.41. The predicted octanol–water partition coefficient (Wildman–Crippen LogP) is 3.19. The van der Waals surface area contributed by atoms with Gasteiger partial charge < -0.3 is 5.32 Å². The average molecular weight is 325 g/mol. The van der Waals surface area contributed by atoms with Gasteiger partial charge in [0.15, 0.2) is 0 Å². The van der Waals surface area contributed by atoms with Crippen molar-refractivity contribution in [2.24, 2.45) is 0 Å². The predicted molar refractivity (Wildman–Crippen MR) is 77.0 cm³/mol. The molecule has 3 nitrogen and oxygen atoms in total. The number of aromatic nitrogens is 1. The number of hydrogen-bond acceptors (Lipinski definition) is 3. The summed E-state index contributed by atoms with van der Waals surface area (Å²) in [6, 6.07) is 7.40. The SMILES string of the molecule is Cc1csc(CCNC(=O)c2ccccc2Br)n1. The molecular weight excluding hydrogens is 312 g/mol. The van der Waals surface area contributed by atoms with E-state index < -0.39 is 0 Å². The average Bonchev–Trinajstić information content (AvgIpc) is 2.75. The summed E-state index contributed by atoms with van der Waals surface area (Å²) in [5.41, 5.74) is 1.69. The van der Waals surface area contributed by atoms with Gasteiger partial charge >= 0.3 is 0 Å². The van der Waals surface area contributed by atoms with Crippen LogP contribution in [0.15, 0.2) is 34.1 Å². The zero-order chi connectivity index (χ0) is 13.0. The van der Waals surface area contributed by atoms with Crippen molar-refractivity contribution in [3.63, 3.8) is 0 Å². The van der Waals surface area contributed by atoms with Crippen molar-refractivity contribution >= 4 is 33.2 Å². The molecule has 0 fully saturated rings. The summed E-state index contributed by atoms with van der Waals surface area (Å²) in [4.78, 5) is 16.3. The minimum absolute atomic E-state index is 0.0595. The van der Waals surface area contributed by atoms with Gasteiger partial charge in [-0.2, -0.15) is 0 Å². The first kappa shape index (κ1) is 13.2. The summed E-state index contributed by atoms with van der Waals surface area (Å²) in [6.45, 7) is 2.58. The Bertz CT molecular complexity index is 553. The number of benzene rings is 1. The van der Waals surface area contributed by atoms with Gasteiger partial charge in [0.05, 0.1) is 10.6 Å². The highest BCUT2D eigenvalue weighted by Gasteiger charge is 2.08. The minimum atomic E-state index is -0.0595. The maximum absolute atomic E-state index is 11.9. The van der Waals surface area contributed by atoms with E-state index in [1.165, 1.54) is 0 Å². The molecule has 18 heavy (non-hydrogen) atoms. The number of carbonyl (C=O) groups is 1. The van der Waals surface area contributed by atoms with Crippen LogP contribution in [-0.2, 0) is 6.42 Å². The number of halogens is 1. The topological polar surface area (TPSA) is 42.0 Å². The van der Waals surface area contributed by atoms with Crippen molar-refractivity contribution in [3.8, 4) is 0 Å². The molecule has 0 saturated carbocycles. The van der Waals surface area contributed by atoms with Crippen LogP contribution in [0.3, 0.4) is 0 Å². The summed E-state index contributed by atoms with van der Waals surface area (Å²) >= 11 is 4.99. The van der Waals surface area contributed by atoms with Gasteiger partial charge in [-0.25, -0.2) is 4.98 Å². The summed E-state index contributed by atoms with van der Waals surface area (Å²) in [7, 11) is 0. The lowest BCUT2D eigenvalue weighted by Gasteiger charge is -2.05. The summed E-state index contributed by atoms with van der Waals surface area (Å²) in [6.07, 6.45) is 0.773. The molecule has 94 valence electrons. The van der Waals surface area contributed by atoms with Crippen LogP contribution >= 0.6 is 27.3 Å². The first-order chi connectivity index (χ1) is 8.66. The minimum Gasteiger partial charge on any atom is -0.352 e. The van der Waals surface area contributed by atoms with Crippen LogP contribution in [0.25, 0.3) is 0 Å². The molecule has 0 saturated heterocycles. The van der Waals surface area contributed by atoms with E-state index in [0.717, 1.165) is 21.6 Å². The van der Waals surface area contributed by atoms with Crippen molar-refractivity contribution in [1.82, 2.24) is 10.3 Å². The Labute approximate surface area is 118 Å². The van der Waals surface area contributed by atoms with Gasteiger partial charge in [-0.05, 0) is 35.0 Å². The number of carbonyl (C=O) groups excluding carboxylic acids is 1. The molecule has 0 aliphatic rings. The van der Waals surface area contributed by atoms with Gasteiger partial charge in [-0.1, -0.05) is 12.1 Å². The normalized spacial score (nSPS) is 10.3. The molecule has 0 aliphatic heterocycles. The van der Waals surface area contributed by atoms with E-state index in [-0.39, 0.29) is 5.91 Å². The van der Waals surface area contributed by atoms with Crippen molar-refractivity contribution in [3.05, 3.63) is 50.4 Å². The number of nitrogens with one attached hydrogen (secondary N) is 1. The van der Waals surface area contributed by atoms with E-state index >= 15 is 0 Å². The highest BCUT2D eigenvalue weighted by Crippen LogP contribution is 2.15. The zero-order valence-corrected chi connectivity index (χ0v) is 12.3. The largest absolute Gasteiger partial charge is 0.352 e. The molecule has 5 heteroatoms. The first-order valence-electron chi connectivity index (χ1n) is 5.60. The molecule has 1 heterocycles. The van der Waals surface area contributed by atoms with E-state index in [4.69, 9.17) is 0 Å². The van der Waals surface area contributed by atoms with Crippen molar-refractivity contribution in [1.29, 1.82) is 0 Å². The Balaban J connectivity index is 1.87. The molecule has 0 bridgehead atoms. The number of thiazole rings is 1. The Morgan fingerprint density at radius 2 is 2.22 bits per heavy atom. The summed E-state index contributed by atoms with van der Waals surface area (Å²) < 4.78 is 0.813. The van der Waals surface area contributed by atoms with E-state index in [2.05, 4.69) is 26.2 Å². The van der Waals surface area contributed by atoms with Crippen molar-refractivity contribution in [2.45, 2.75) is 13.3 Å². The van der Waals surface area contributed by atoms with Crippen LogP contribution in [0.1, 0.15) is 21.1 Å². The second-order valence-electron chi connectivity index (χ2n) is 3.87. The van der Waals surface area contributed by atoms with Gasteiger partial charge in [0.1, 0.15) is 0 Å². The van der Waals surface area contributed by atoms with E-state index in [0.29, 0.717) is 12.1 Å². The van der Waals surface area contributed by atoms with Crippen LogP contribution in [-0.4, -0.2) is 17.4 Å². The number of nitrogens with zero attached hydrogens (tertiary/aromatic N) is 1. The maximum Gasteiger partial charge on any atom is 0.252 e. The Morgan fingerprint density at radius 1 is 1.44 bits per heavy atom. The second kappa shape index (κ2) is 6.11. The molecule has 2 aromatic rings. The highest BCUT2D eigenvalue weighted by molar-refractivity contribution is 9.10. The molecule has 0 aliphatic carbocycles. The quantitative estimate of drug-likeness (QED) is 0.938. The fourth-order valence-electron chi connectivity index (χ4n) is 1.54. The number of rotatable bonds is 4. The molecule has 0 radical (unpaired) electrons. The Hall–Kier alpha value is -1.20. The van der Waals surface area contributed by atoms with Gasteiger partial charge in [-0.3, -0.25) is 4.79 Å². The van der Waals surface area contributed by atoms with Crippen LogP contribution in [0.4, 0.5) is 0 Å². The van der Waals surface area contributed by atoms with Gasteiger partial charge in [-0.15, -0.1) is 11.3 Å². The van der Waals surface area contributed by atoms with Crippen LogP contribution in [0.5, 0.6) is 0 Å². The van der Waals surface area contributed by atoms with Gasteiger partial charge in [0.25, 0.3) is 5.91 Å². The zero-order valence-electron chi connectivity index (χ0n) is 9.94. The molecule has 0 atom stereocenters. The molecule has 1 aromatic heterocycles. The van der Waals surface area contributed by atoms with E-state index in [1.807, 2.05) is 30.5 Å². The second-order valence-corrected chi connectivity index (χ2v) is 5.67. The molecule has 1 aromatic carbocycles. The van der Waals surface area contributed by atoms with Gasteiger partial charge in [0.2, 0.25) is 0 Å². The molecular formula is C13H13BrN2OS. The smallest absolute Gasteiger partial charge is 0.252 e. The molecule has 2 rings (SSSR count). The van der Waals surface area contributed by atoms with Crippen LogP contribution in [0, 0.1) is 6.92 Å². The molecule has 0 spiro atoms. The van der Waals surface area contributed by atoms with E-state index in [9.17, 15) is 4.79 Å². The molecule has 1 N–H and O–H groups in total. The summed E-state index contributed by atoms with van der Waals surface area (Å²) in [5, 5.41) is 5.97. The maximum atomic E-state index is 11.9. The fraction of sp³-hybridized carbons (Fsp3) is 0.231. The number of aryl methyl sites for hydroxylation is 1. The Morgan fingerprint density at radius 3 is 2.89 bits per heavy atom. The lowest BCUT2D eigenvalue weighted by Crippen LogP contribution is -2.25. The van der Waals surface area contributed by atoms with Gasteiger partial charge in [0, 0.05) is 28.5 Å². The molecule has 0 unspecified atom stereocenters. The van der Waals surface area contributed by atoms with Crippen LogP contribution in [0.2, 0.25) is 0 Å².